The summed E-state index contributed by atoms with van der Waals surface area (Å²) in [6.45, 7) is 7.29. The molecule has 1 aliphatic rings. The summed E-state index contributed by atoms with van der Waals surface area (Å²) in [6.07, 6.45) is 4.36. The van der Waals surface area contributed by atoms with Crippen LogP contribution in [0.15, 0.2) is 0 Å². The van der Waals surface area contributed by atoms with Crippen LogP contribution in [0, 0.1) is 5.92 Å². The van der Waals surface area contributed by atoms with Gasteiger partial charge >= 0.3 is 0 Å². The molecule has 0 aliphatic carbocycles. The first-order valence-corrected chi connectivity index (χ1v) is 6.40. The highest BCUT2D eigenvalue weighted by molar-refractivity contribution is 4.77. The van der Waals surface area contributed by atoms with Crippen molar-refractivity contribution in [3.8, 4) is 0 Å². The fourth-order valence-corrected chi connectivity index (χ4v) is 2.31. The van der Waals surface area contributed by atoms with E-state index in [1.165, 1.54) is 12.8 Å². The van der Waals surface area contributed by atoms with E-state index >= 15 is 0 Å². The van der Waals surface area contributed by atoms with Crippen molar-refractivity contribution in [1.82, 2.24) is 10.6 Å². The van der Waals surface area contributed by atoms with Crippen molar-refractivity contribution >= 4 is 0 Å². The van der Waals surface area contributed by atoms with Crippen LogP contribution in [-0.4, -0.2) is 36.9 Å². The van der Waals surface area contributed by atoms with E-state index in [1.54, 1.807) is 0 Å². The molecule has 1 unspecified atom stereocenters. The monoisotopic (exact) mass is 214 g/mol. The highest BCUT2D eigenvalue weighted by Gasteiger charge is 2.18. The van der Waals surface area contributed by atoms with Gasteiger partial charge in [-0.3, -0.25) is 0 Å². The Morgan fingerprint density at radius 1 is 1.27 bits per heavy atom. The molecule has 1 atom stereocenters. The summed E-state index contributed by atoms with van der Waals surface area (Å²) in [5.41, 5.74) is 0. The molecule has 1 saturated heterocycles. The molecule has 0 bridgehead atoms. The summed E-state index contributed by atoms with van der Waals surface area (Å²) >= 11 is 0. The molecule has 3 nitrogen and oxygen atoms in total. The third-order valence-corrected chi connectivity index (χ3v) is 3.55. The van der Waals surface area contributed by atoms with E-state index in [4.69, 9.17) is 0 Å². The standard InChI is InChI=1S/C12H26N2O/c1-3-10(4-2)12(15)9-14-11-5-7-13-8-6-11/h10-15H,3-9H2,1-2H3. The van der Waals surface area contributed by atoms with Crippen molar-refractivity contribution in [3.63, 3.8) is 0 Å². The van der Waals surface area contributed by atoms with Crippen LogP contribution >= 0.6 is 0 Å². The van der Waals surface area contributed by atoms with E-state index in [-0.39, 0.29) is 6.10 Å². The third kappa shape index (κ3) is 4.49. The summed E-state index contributed by atoms with van der Waals surface area (Å²) < 4.78 is 0. The van der Waals surface area contributed by atoms with E-state index in [1.807, 2.05) is 0 Å². The summed E-state index contributed by atoms with van der Waals surface area (Å²) in [5, 5.41) is 16.8. The maximum absolute atomic E-state index is 9.96. The Bertz CT molecular complexity index is 154. The molecule has 1 rings (SSSR count). The first kappa shape index (κ1) is 12.9. The number of rotatable bonds is 6. The minimum absolute atomic E-state index is 0.171. The zero-order chi connectivity index (χ0) is 11.1. The second kappa shape index (κ2) is 7.20. The van der Waals surface area contributed by atoms with Gasteiger partial charge in [0, 0.05) is 12.6 Å². The predicted molar refractivity (Wildman–Crippen MR) is 64.0 cm³/mol. The summed E-state index contributed by atoms with van der Waals surface area (Å²) in [6, 6.07) is 0.607. The predicted octanol–water partition coefficient (Wildman–Crippen LogP) is 1.13. The maximum atomic E-state index is 9.96. The molecule has 0 aromatic heterocycles. The summed E-state index contributed by atoms with van der Waals surface area (Å²) in [7, 11) is 0. The topological polar surface area (TPSA) is 44.3 Å². The Kier molecular flexibility index (Phi) is 6.22. The van der Waals surface area contributed by atoms with Gasteiger partial charge in [0.1, 0.15) is 0 Å². The van der Waals surface area contributed by atoms with E-state index < -0.39 is 0 Å². The number of aliphatic hydroxyl groups is 1. The van der Waals surface area contributed by atoms with Gasteiger partial charge < -0.3 is 15.7 Å². The molecule has 3 heteroatoms. The molecule has 0 aromatic rings. The van der Waals surface area contributed by atoms with Gasteiger partial charge in [-0.15, -0.1) is 0 Å². The van der Waals surface area contributed by atoms with Gasteiger partial charge in [-0.25, -0.2) is 0 Å². The highest BCUT2D eigenvalue weighted by Crippen LogP contribution is 2.13. The van der Waals surface area contributed by atoms with Crippen LogP contribution in [0.1, 0.15) is 39.5 Å². The van der Waals surface area contributed by atoms with Crippen LogP contribution in [0.2, 0.25) is 0 Å². The highest BCUT2D eigenvalue weighted by atomic mass is 16.3. The van der Waals surface area contributed by atoms with Gasteiger partial charge in [0.15, 0.2) is 0 Å². The minimum atomic E-state index is -0.171. The lowest BCUT2D eigenvalue weighted by molar-refractivity contribution is 0.0967. The maximum Gasteiger partial charge on any atom is 0.0692 e. The fraction of sp³-hybridized carbons (Fsp3) is 1.00. The molecule has 0 radical (unpaired) electrons. The zero-order valence-electron chi connectivity index (χ0n) is 10.1. The van der Waals surface area contributed by atoms with Crippen molar-refractivity contribution in [2.24, 2.45) is 5.92 Å². The second-order valence-electron chi connectivity index (χ2n) is 4.58. The molecule has 3 N–H and O–H groups in total. The van der Waals surface area contributed by atoms with Crippen LogP contribution in [0.5, 0.6) is 0 Å². The first-order chi connectivity index (χ1) is 7.27. The lowest BCUT2D eigenvalue weighted by Gasteiger charge is -2.27. The van der Waals surface area contributed by atoms with Crippen LogP contribution in [0.4, 0.5) is 0 Å². The quantitative estimate of drug-likeness (QED) is 0.621. The molecular formula is C12H26N2O. The van der Waals surface area contributed by atoms with Crippen molar-refractivity contribution in [2.45, 2.75) is 51.7 Å². The third-order valence-electron chi connectivity index (χ3n) is 3.55. The van der Waals surface area contributed by atoms with Crippen molar-refractivity contribution in [2.75, 3.05) is 19.6 Å². The Morgan fingerprint density at radius 3 is 2.40 bits per heavy atom. The Morgan fingerprint density at radius 2 is 1.87 bits per heavy atom. The van der Waals surface area contributed by atoms with Gasteiger partial charge in [-0.2, -0.15) is 0 Å². The Labute approximate surface area is 93.6 Å². The molecule has 1 aliphatic heterocycles. The molecular weight excluding hydrogens is 188 g/mol. The lowest BCUT2D eigenvalue weighted by atomic mass is 9.96. The van der Waals surface area contributed by atoms with Crippen molar-refractivity contribution < 1.29 is 5.11 Å². The molecule has 0 amide bonds. The van der Waals surface area contributed by atoms with Gasteiger partial charge in [0.2, 0.25) is 0 Å². The molecule has 15 heavy (non-hydrogen) atoms. The van der Waals surface area contributed by atoms with Crippen LogP contribution < -0.4 is 10.6 Å². The summed E-state index contributed by atoms with van der Waals surface area (Å²) in [4.78, 5) is 0. The number of hydrogen-bond acceptors (Lipinski definition) is 3. The van der Waals surface area contributed by atoms with Crippen molar-refractivity contribution in [1.29, 1.82) is 0 Å². The first-order valence-electron chi connectivity index (χ1n) is 6.40. The van der Waals surface area contributed by atoms with Gasteiger partial charge in [0.05, 0.1) is 6.10 Å². The molecule has 0 saturated carbocycles. The van der Waals surface area contributed by atoms with Crippen LogP contribution in [0.25, 0.3) is 0 Å². The van der Waals surface area contributed by atoms with Gasteiger partial charge in [-0.05, 0) is 31.8 Å². The van der Waals surface area contributed by atoms with E-state index in [0.717, 1.165) is 32.5 Å². The fourth-order valence-electron chi connectivity index (χ4n) is 2.31. The largest absolute Gasteiger partial charge is 0.392 e. The average Bonchev–Trinajstić information content (AvgIpc) is 2.29. The van der Waals surface area contributed by atoms with E-state index in [0.29, 0.717) is 12.0 Å². The van der Waals surface area contributed by atoms with E-state index in [2.05, 4.69) is 24.5 Å². The average molecular weight is 214 g/mol. The number of piperidine rings is 1. The summed E-state index contributed by atoms with van der Waals surface area (Å²) in [5.74, 6) is 0.458. The minimum Gasteiger partial charge on any atom is -0.392 e. The number of aliphatic hydroxyl groups excluding tert-OH is 1. The van der Waals surface area contributed by atoms with Gasteiger partial charge in [-0.1, -0.05) is 26.7 Å². The smallest absolute Gasteiger partial charge is 0.0692 e. The SMILES string of the molecule is CCC(CC)C(O)CNC1CCNCC1. The molecule has 0 aromatic carbocycles. The Hall–Kier alpha value is -0.120. The molecule has 0 spiro atoms. The molecule has 90 valence electrons. The number of hydrogen-bond donors (Lipinski definition) is 3. The second-order valence-corrected chi connectivity index (χ2v) is 4.58. The number of nitrogens with one attached hydrogen (secondary N) is 2. The van der Waals surface area contributed by atoms with Crippen LogP contribution in [-0.2, 0) is 0 Å². The molecule has 1 fully saturated rings. The normalized spacial score (nSPS) is 20.8. The molecule has 1 heterocycles. The Balaban J connectivity index is 2.16. The van der Waals surface area contributed by atoms with E-state index in [9.17, 15) is 5.11 Å². The van der Waals surface area contributed by atoms with Gasteiger partial charge in [0.25, 0.3) is 0 Å². The zero-order valence-corrected chi connectivity index (χ0v) is 10.1. The van der Waals surface area contributed by atoms with Crippen molar-refractivity contribution in [3.05, 3.63) is 0 Å². The lowest BCUT2D eigenvalue weighted by Crippen LogP contribution is -2.44. The van der Waals surface area contributed by atoms with Crippen LogP contribution in [0.3, 0.4) is 0 Å².